The summed E-state index contributed by atoms with van der Waals surface area (Å²) in [7, 11) is -3.09. The Balaban J connectivity index is 1.93. The predicted octanol–water partition coefficient (Wildman–Crippen LogP) is 5.55. The minimum Gasteiger partial charge on any atom is -0.495 e. The number of alkyl halides is 3. The van der Waals surface area contributed by atoms with Crippen molar-refractivity contribution in [1.82, 2.24) is 9.97 Å². The molecule has 0 aliphatic carbocycles. The smallest absolute Gasteiger partial charge is 0.416 e. The molecule has 6 nitrogen and oxygen atoms in total. The number of fused-ring (bicyclic) bond motifs is 1. The van der Waals surface area contributed by atoms with Crippen LogP contribution in [0.15, 0.2) is 65.1 Å². The van der Waals surface area contributed by atoms with Crippen molar-refractivity contribution in [1.29, 1.82) is 0 Å². The Hall–Kier alpha value is -3.18. The minimum atomic E-state index is -4.61. The van der Waals surface area contributed by atoms with Gasteiger partial charge in [0, 0.05) is 23.2 Å². The highest BCUT2D eigenvalue weighted by atomic mass is 32.2. The molecule has 0 atom stereocenters. The highest BCUT2D eigenvalue weighted by molar-refractivity contribution is 7.93. The number of hydrogen-bond acceptors (Lipinski definition) is 6. The number of aryl methyl sites for hydroxylation is 1. The van der Waals surface area contributed by atoms with E-state index in [1.165, 1.54) is 19.2 Å². The van der Waals surface area contributed by atoms with Crippen LogP contribution in [0.25, 0.3) is 10.8 Å². The van der Waals surface area contributed by atoms with Gasteiger partial charge < -0.3 is 4.74 Å². The molecule has 2 aromatic heterocycles. The van der Waals surface area contributed by atoms with Gasteiger partial charge in [0.1, 0.15) is 11.4 Å². The van der Waals surface area contributed by atoms with Crippen molar-refractivity contribution in [2.24, 2.45) is 0 Å². The number of thiazole rings is 1. The lowest BCUT2D eigenvalue weighted by molar-refractivity contribution is -0.137. The molecule has 0 bridgehead atoms. The maximum absolute atomic E-state index is 13.7. The van der Waals surface area contributed by atoms with Crippen LogP contribution < -0.4 is 9.04 Å². The fourth-order valence-corrected chi connectivity index (χ4v) is 5.65. The number of hydrogen-bond donors (Lipinski definition) is 0. The molecule has 0 unspecified atom stereocenters. The van der Waals surface area contributed by atoms with Gasteiger partial charge in [0.2, 0.25) is 5.13 Å². The summed E-state index contributed by atoms with van der Waals surface area (Å²) in [6.45, 7) is 1.69. The molecule has 0 aliphatic rings. The Morgan fingerprint density at radius 2 is 1.84 bits per heavy atom. The minimum absolute atomic E-state index is 0.0500. The predicted molar refractivity (Wildman–Crippen MR) is 116 cm³/mol. The lowest BCUT2D eigenvalue weighted by Gasteiger charge is -2.24. The summed E-state index contributed by atoms with van der Waals surface area (Å²) < 4.78 is 73.2. The number of aromatic nitrogens is 2. The number of benzene rings is 2. The zero-order valence-corrected chi connectivity index (χ0v) is 18.4. The van der Waals surface area contributed by atoms with E-state index in [0.29, 0.717) is 11.1 Å². The van der Waals surface area contributed by atoms with Gasteiger partial charge in [-0.2, -0.15) is 13.2 Å². The van der Waals surface area contributed by atoms with Crippen LogP contribution in [0, 0.1) is 6.92 Å². The first kappa shape index (κ1) is 22.0. The van der Waals surface area contributed by atoms with E-state index in [1.54, 1.807) is 36.8 Å². The molecule has 166 valence electrons. The Morgan fingerprint density at radius 3 is 2.50 bits per heavy atom. The zero-order chi connectivity index (χ0) is 23.1. The monoisotopic (exact) mass is 479 g/mol. The summed E-state index contributed by atoms with van der Waals surface area (Å²) in [5, 5.41) is 3.13. The summed E-state index contributed by atoms with van der Waals surface area (Å²) in [6.07, 6.45) is -1.47. The molecule has 11 heteroatoms. The first-order valence-electron chi connectivity index (χ1n) is 9.18. The van der Waals surface area contributed by atoms with Crippen LogP contribution in [-0.4, -0.2) is 25.5 Å². The molecule has 0 radical (unpaired) electrons. The molecular formula is C21H16F3N3O3S2. The van der Waals surface area contributed by atoms with Crippen molar-refractivity contribution in [2.45, 2.75) is 18.0 Å². The molecule has 0 spiro atoms. The third-order valence-electron chi connectivity index (χ3n) is 4.66. The van der Waals surface area contributed by atoms with E-state index in [-0.39, 0.29) is 21.5 Å². The molecule has 2 aromatic carbocycles. The van der Waals surface area contributed by atoms with Crippen molar-refractivity contribution >= 4 is 43.0 Å². The zero-order valence-electron chi connectivity index (χ0n) is 16.8. The number of anilines is 2. The highest BCUT2D eigenvalue weighted by Gasteiger charge is 2.35. The number of rotatable bonds is 5. The van der Waals surface area contributed by atoms with E-state index in [4.69, 9.17) is 4.74 Å². The maximum atomic E-state index is 13.7. The van der Waals surface area contributed by atoms with Crippen molar-refractivity contribution in [2.75, 3.05) is 11.4 Å². The number of ether oxygens (including phenoxy) is 1. The van der Waals surface area contributed by atoms with Crippen LogP contribution in [0.4, 0.5) is 24.0 Å². The van der Waals surface area contributed by atoms with Crippen molar-refractivity contribution in [3.05, 3.63) is 71.5 Å². The second kappa shape index (κ2) is 8.06. The van der Waals surface area contributed by atoms with E-state index in [9.17, 15) is 21.6 Å². The van der Waals surface area contributed by atoms with Crippen molar-refractivity contribution in [3.8, 4) is 5.75 Å². The average molecular weight is 480 g/mol. The number of nitrogens with zero attached hydrogens (tertiary/aromatic N) is 3. The second-order valence-electron chi connectivity index (χ2n) is 6.81. The largest absolute Gasteiger partial charge is 0.495 e. The van der Waals surface area contributed by atoms with Crippen molar-refractivity contribution in [3.63, 3.8) is 0 Å². The standard InChI is InChI=1S/C21H16F3N3O3S2/c1-13-12-31-20(26-13)27(18-6-4-16(21(22,23)24)10-19(18)30-2)32(28,29)17-5-3-15-11-25-8-7-14(15)9-17/h3-12H,1-2H3. The van der Waals surface area contributed by atoms with Crippen LogP contribution in [0.2, 0.25) is 0 Å². The fourth-order valence-electron chi connectivity index (χ4n) is 3.12. The first-order chi connectivity index (χ1) is 15.1. The third kappa shape index (κ3) is 4.00. The summed E-state index contributed by atoms with van der Waals surface area (Å²) in [5.41, 5.74) is -0.464. The molecule has 0 N–H and O–H groups in total. The third-order valence-corrected chi connectivity index (χ3v) is 7.42. The van der Waals surface area contributed by atoms with Gasteiger partial charge in [-0.1, -0.05) is 6.07 Å². The van der Waals surface area contributed by atoms with E-state index in [2.05, 4.69) is 9.97 Å². The molecule has 0 aliphatic heterocycles. The summed E-state index contributed by atoms with van der Waals surface area (Å²) >= 11 is 1.05. The number of halogens is 3. The van der Waals surface area contributed by atoms with Gasteiger partial charge in [-0.15, -0.1) is 11.3 Å². The van der Waals surface area contributed by atoms with E-state index in [0.717, 1.165) is 39.2 Å². The Kier molecular flexibility index (Phi) is 5.55. The molecule has 2 heterocycles. The van der Waals surface area contributed by atoms with Gasteiger partial charge in [0.05, 0.1) is 23.3 Å². The topological polar surface area (TPSA) is 72.4 Å². The Bertz CT molecular complexity index is 1400. The molecule has 4 rings (SSSR count). The molecule has 0 saturated carbocycles. The van der Waals surface area contributed by atoms with Gasteiger partial charge in [0.15, 0.2) is 0 Å². The lowest BCUT2D eigenvalue weighted by atomic mass is 10.2. The number of methoxy groups -OCH3 is 1. The van der Waals surface area contributed by atoms with Gasteiger partial charge in [-0.05, 0) is 48.7 Å². The Labute approximate surface area is 186 Å². The van der Waals surface area contributed by atoms with Crippen LogP contribution in [0.5, 0.6) is 5.75 Å². The molecule has 0 saturated heterocycles. The quantitative estimate of drug-likeness (QED) is 0.375. The van der Waals surface area contributed by atoms with E-state index in [1.807, 2.05) is 0 Å². The normalized spacial score (nSPS) is 12.2. The van der Waals surface area contributed by atoms with Gasteiger partial charge >= 0.3 is 6.18 Å². The van der Waals surface area contributed by atoms with Gasteiger partial charge in [0.25, 0.3) is 10.0 Å². The summed E-state index contributed by atoms with van der Waals surface area (Å²) in [5.74, 6) is -0.249. The number of sulfonamides is 1. The molecule has 4 aromatic rings. The average Bonchev–Trinajstić information content (AvgIpc) is 3.18. The summed E-state index contributed by atoms with van der Waals surface area (Å²) in [4.78, 5) is 8.23. The van der Waals surface area contributed by atoms with E-state index >= 15 is 0 Å². The highest BCUT2D eigenvalue weighted by Crippen LogP contribution is 2.42. The van der Waals surface area contributed by atoms with Crippen molar-refractivity contribution < 1.29 is 26.3 Å². The second-order valence-corrected chi connectivity index (χ2v) is 9.43. The first-order valence-corrected chi connectivity index (χ1v) is 11.5. The summed E-state index contributed by atoms with van der Waals surface area (Å²) in [6, 6.07) is 8.84. The van der Waals surface area contributed by atoms with Crippen LogP contribution >= 0.6 is 11.3 Å². The van der Waals surface area contributed by atoms with Gasteiger partial charge in [-0.25, -0.2) is 17.7 Å². The van der Waals surface area contributed by atoms with Gasteiger partial charge in [-0.3, -0.25) is 4.98 Å². The van der Waals surface area contributed by atoms with Crippen LogP contribution in [0.1, 0.15) is 11.3 Å². The molecular weight excluding hydrogens is 463 g/mol. The molecule has 0 fully saturated rings. The molecule has 32 heavy (non-hydrogen) atoms. The van der Waals surface area contributed by atoms with Crippen LogP contribution in [0.3, 0.4) is 0 Å². The SMILES string of the molecule is COc1cc(C(F)(F)F)ccc1N(c1nc(C)cs1)S(=O)(=O)c1ccc2cnccc2c1. The maximum Gasteiger partial charge on any atom is 0.416 e. The lowest BCUT2D eigenvalue weighted by Crippen LogP contribution is -2.27. The number of pyridine rings is 1. The van der Waals surface area contributed by atoms with Crippen LogP contribution in [-0.2, 0) is 16.2 Å². The fraction of sp³-hybridized carbons (Fsp3) is 0.143. The molecule has 0 amide bonds. The Morgan fingerprint density at radius 1 is 1.06 bits per heavy atom. The van der Waals surface area contributed by atoms with E-state index < -0.39 is 21.8 Å².